The number of halogens is 4. The van der Waals surface area contributed by atoms with E-state index >= 15 is 8.78 Å². The molecule has 0 saturated heterocycles. The van der Waals surface area contributed by atoms with Crippen molar-refractivity contribution in [2.45, 2.75) is 57.3 Å². The van der Waals surface area contributed by atoms with Crippen molar-refractivity contribution in [2.24, 2.45) is 17.8 Å². The van der Waals surface area contributed by atoms with Crippen LogP contribution in [0.25, 0.3) is 11.1 Å². The topological polar surface area (TPSA) is 0 Å². The SMILES string of the molecule is C=CCCc1c(F)cc(-c2c(F)cc(C3CCC4CC(C=C)CCC4C3)cc2F)cc1F. The van der Waals surface area contributed by atoms with Gasteiger partial charge in [0.25, 0.3) is 0 Å². The number of benzene rings is 2. The molecule has 4 heteroatoms. The van der Waals surface area contributed by atoms with Crippen LogP contribution in [0.4, 0.5) is 17.6 Å². The Morgan fingerprint density at radius 2 is 1.41 bits per heavy atom. The summed E-state index contributed by atoms with van der Waals surface area (Å²) in [6.07, 6.45) is 10.6. The van der Waals surface area contributed by atoms with Crippen molar-refractivity contribution in [2.75, 3.05) is 0 Å². The van der Waals surface area contributed by atoms with Gasteiger partial charge in [0, 0.05) is 5.56 Å². The highest BCUT2D eigenvalue weighted by atomic mass is 19.1. The van der Waals surface area contributed by atoms with Gasteiger partial charge >= 0.3 is 0 Å². The first-order valence-corrected chi connectivity index (χ1v) is 11.6. The second-order valence-corrected chi connectivity index (χ2v) is 9.44. The summed E-state index contributed by atoms with van der Waals surface area (Å²) in [5, 5.41) is 0. The lowest BCUT2D eigenvalue weighted by molar-refractivity contribution is 0.133. The third-order valence-electron chi connectivity index (χ3n) is 7.55. The Morgan fingerprint density at radius 1 is 0.781 bits per heavy atom. The minimum absolute atomic E-state index is 0.0889. The van der Waals surface area contributed by atoms with E-state index in [9.17, 15) is 8.78 Å². The molecule has 32 heavy (non-hydrogen) atoms. The molecule has 2 aromatic carbocycles. The predicted molar refractivity (Wildman–Crippen MR) is 121 cm³/mol. The summed E-state index contributed by atoms with van der Waals surface area (Å²) in [6.45, 7) is 7.48. The molecule has 4 atom stereocenters. The van der Waals surface area contributed by atoms with Gasteiger partial charge in [-0.05, 0) is 110 Å². The highest BCUT2D eigenvalue weighted by Gasteiger charge is 2.35. The van der Waals surface area contributed by atoms with Crippen LogP contribution in [-0.2, 0) is 6.42 Å². The summed E-state index contributed by atoms with van der Waals surface area (Å²) in [4.78, 5) is 0. The smallest absolute Gasteiger partial charge is 0.134 e. The van der Waals surface area contributed by atoms with E-state index in [4.69, 9.17) is 0 Å². The molecule has 0 heterocycles. The van der Waals surface area contributed by atoms with Crippen LogP contribution in [-0.4, -0.2) is 0 Å². The van der Waals surface area contributed by atoms with Crippen LogP contribution < -0.4 is 0 Å². The van der Waals surface area contributed by atoms with Crippen LogP contribution >= 0.6 is 0 Å². The predicted octanol–water partition coefficient (Wildman–Crippen LogP) is 8.51. The van der Waals surface area contributed by atoms with Crippen molar-refractivity contribution in [3.63, 3.8) is 0 Å². The lowest BCUT2D eigenvalue weighted by atomic mass is 9.64. The Morgan fingerprint density at radius 3 is 2.03 bits per heavy atom. The molecule has 2 aromatic rings. The molecule has 0 N–H and O–H groups in total. The van der Waals surface area contributed by atoms with Crippen LogP contribution in [0.2, 0.25) is 0 Å². The summed E-state index contributed by atoms with van der Waals surface area (Å²) in [6, 6.07) is 4.76. The van der Waals surface area contributed by atoms with Crippen LogP contribution in [0.1, 0.15) is 62.0 Å². The van der Waals surface area contributed by atoms with Gasteiger partial charge in [-0.15, -0.1) is 13.2 Å². The zero-order chi connectivity index (χ0) is 22.8. The second kappa shape index (κ2) is 9.64. The molecule has 0 aromatic heterocycles. The second-order valence-electron chi connectivity index (χ2n) is 9.44. The normalized spacial score (nSPS) is 25.2. The molecular formula is C28H30F4. The van der Waals surface area contributed by atoms with Gasteiger partial charge in [-0.3, -0.25) is 0 Å². The van der Waals surface area contributed by atoms with Crippen LogP contribution in [0.5, 0.6) is 0 Å². The van der Waals surface area contributed by atoms with Crippen molar-refractivity contribution in [3.8, 4) is 11.1 Å². The van der Waals surface area contributed by atoms with Crippen LogP contribution in [0, 0.1) is 41.0 Å². The van der Waals surface area contributed by atoms with E-state index in [0.29, 0.717) is 29.7 Å². The van der Waals surface area contributed by atoms with Gasteiger partial charge in [0.05, 0.1) is 5.56 Å². The Balaban J connectivity index is 1.57. The quantitative estimate of drug-likeness (QED) is 0.311. The first-order valence-electron chi connectivity index (χ1n) is 11.6. The Hall–Kier alpha value is -2.36. The molecule has 2 aliphatic rings. The molecule has 2 fully saturated rings. The lowest BCUT2D eigenvalue weighted by Gasteiger charge is -2.41. The van der Waals surface area contributed by atoms with Gasteiger partial charge in [-0.2, -0.15) is 0 Å². The lowest BCUT2D eigenvalue weighted by Crippen LogP contribution is -2.30. The minimum Gasteiger partial charge on any atom is -0.207 e. The first-order chi connectivity index (χ1) is 15.4. The van der Waals surface area contributed by atoms with Gasteiger partial charge in [-0.25, -0.2) is 17.6 Å². The van der Waals surface area contributed by atoms with Crippen LogP contribution in [0.3, 0.4) is 0 Å². The maximum Gasteiger partial charge on any atom is 0.134 e. The van der Waals surface area contributed by atoms with Crippen molar-refractivity contribution >= 4 is 0 Å². The zero-order valence-corrected chi connectivity index (χ0v) is 18.4. The molecule has 0 radical (unpaired) electrons. The maximum absolute atomic E-state index is 15.0. The standard InChI is InChI=1S/C28H30F4/c1-3-5-6-23-24(29)15-22(16-25(23)30)28-26(31)13-21(14-27(28)32)20-10-9-18-11-17(4-2)7-8-19(18)12-20/h3-4,13-20H,1-2,5-12H2. The molecule has 0 bridgehead atoms. The highest BCUT2D eigenvalue weighted by molar-refractivity contribution is 5.66. The minimum atomic E-state index is -0.793. The number of hydrogen-bond donors (Lipinski definition) is 0. The molecule has 0 nitrogen and oxygen atoms in total. The number of fused-ring (bicyclic) bond motifs is 1. The summed E-state index contributed by atoms with van der Waals surface area (Å²) in [7, 11) is 0. The summed E-state index contributed by atoms with van der Waals surface area (Å²) < 4.78 is 59.0. The van der Waals surface area contributed by atoms with Gasteiger partial charge in [0.2, 0.25) is 0 Å². The Kier molecular flexibility index (Phi) is 6.88. The summed E-state index contributed by atoms with van der Waals surface area (Å²) in [5.74, 6) is -1.17. The monoisotopic (exact) mass is 442 g/mol. The van der Waals surface area contributed by atoms with Crippen molar-refractivity contribution in [1.29, 1.82) is 0 Å². The molecular weight excluding hydrogens is 412 g/mol. The molecule has 4 rings (SSSR count). The van der Waals surface area contributed by atoms with Crippen molar-refractivity contribution < 1.29 is 17.6 Å². The average Bonchev–Trinajstić information content (AvgIpc) is 2.77. The first kappa shape index (κ1) is 22.8. The van der Waals surface area contributed by atoms with Gasteiger partial charge in [0.1, 0.15) is 23.3 Å². The largest absolute Gasteiger partial charge is 0.207 e. The molecule has 2 saturated carbocycles. The number of allylic oxidation sites excluding steroid dienone is 2. The highest BCUT2D eigenvalue weighted by Crippen LogP contribution is 2.48. The Bertz CT molecular complexity index is 962. The van der Waals surface area contributed by atoms with E-state index in [1.807, 2.05) is 0 Å². The average molecular weight is 443 g/mol. The maximum atomic E-state index is 15.0. The van der Waals surface area contributed by atoms with E-state index < -0.39 is 23.3 Å². The van der Waals surface area contributed by atoms with Crippen molar-refractivity contribution in [1.82, 2.24) is 0 Å². The number of rotatable bonds is 6. The van der Waals surface area contributed by atoms with Crippen molar-refractivity contribution in [3.05, 3.63) is 84.0 Å². The summed E-state index contributed by atoms with van der Waals surface area (Å²) >= 11 is 0. The molecule has 0 amide bonds. The molecule has 0 spiro atoms. The molecule has 0 aliphatic heterocycles. The Labute approximate surface area is 188 Å². The van der Waals surface area contributed by atoms with Crippen LogP contribution in [0.15, 0.2) is 49.6 Å². The van der Waals surface area contributed by atoms with Gasteiger partial charge in [0.15, 0.2) is 0 Å². The van der Waals surface area contributed by atoms with E-state index in [0.717, 1.165) is 44.2 Å². The fourth-order valence-electron chi connectivity index (χ4n) is 5.78. The third kappa shape index (κ3) is 4.55. The third-order valence-corrected chi connectivity index (χ3v) is 7.55. The summed E-state index contributed by atoms with van der Waals surface area (Å²) in [5.41, 5.74) is 0.0722. The fraction of sp³-hybridized carbons (Fsp3) is 0.429. The van der Waals surface area contributed by atoms with Gasteiger partial charge < -0.3 is 0 Å². The molecule has 170 valence electrons. The van der Waals surface area contributed by atoms with E-state index in [2.05, 4.69) is 19.2 Å². The molecule has 4 unspecified atom stereocenters. The number of hydrogen-bond acceptors (Lipinski definition) is 0. The zero-order valence-electron chi connectivity index (χ0n) is 18.4. The molecule has 2 aliphatic carbocycles. The van der Waals surface area contributed by atoms with Gasteiger partial charge in [-0.1, -0.05) is 12.2 Å². The van der Waals surface area contributed by atoms with E-state index in [1.54, 1.807) is 6.08 Å². The fourth-order valence-corrected chi connectivity index (χ4v) is 5.78. The van der Waals surface area contributed by atoms with E-state index in [-0.39, 0.29) is 29.0 Å². The van der Waals surface area contributed by atoms with E-state index in [1.165, 1.54) is 18.6 Å².